The van der Waals surface area contributed by atoms with Crippen LogP contribution in [0.5, 0.6) is 0 Å². The number of aliphatic carboxylic acids is 1. The van der Waals surface area contributed by atoms with Crippen molar-refractivity contribution in [2.75, 3.05) is 24.0 Å². The molecule has 104 valence electrons. The Hall–Kier alpha value is -1.42. The molecular weight excluding hydrogens is 258 g/mol. The lowest BCUT2D eigenvalue weighted by atomic mass is 10.1. The van der Waals surface area contributed by atoms with Crippen molar-refractivity contribution in [3.63, 3.8) is 0 Å². The van der Waals surface area contributed by atoms with Crippen molar-refractivity contribution in [3.05, 3.63) is 35.4 Å². The molecule has 0 amide bonds. The summed E-state index contributed by atoms with van der Waals surface area (Å²) < 4.78 is 0. The zero-order valence-electron chi connectivity index (χ0n) is 11.9. The van der Waals surface area contributed by atoms with Crippen LogP contribution in [0.4, 0.5) is 5.69 Å². The maximum absolute atomic E-state index is 10.5. The lowest BCUT2D eigenvalue weighted by Crippen LogP contribution is -2.31. The summed E-state index contributed by atoms with van der Waals surface area (Å²) in [7, 11) is 2.09. The van der Waals surface area contributed by atoms with Crippen LogP contribution in [0.2, 0.25) is 0 Å². The zero-order chi connectivity index (χ0) is 14.4. The summed E-state index contributed by atoms with van der Waals surface area (Å²) >= 11 is 1.83. The molecule has 0 heterocycles. The number of carboxylic acids is 1. The average molecular weight is 279 g/mol. The summed E-state index contributed by atoms with van der Waals surface area (Å²) in [5.74, 6) is 0.156. The minimum Gasteiger partial charge on any atom is -0.478 e. The molecule has 1 aromatic carbocycles. The summed E-state index contributed by atoms with van der Waals surface area (Å²) in [5, 5.41) is 8.62. The van der Waals surface area contributed by atoms with Crippen LogP contribution in [0.3, 0.4) is 0 Å². The molecule has 0 saturated carbocycles. The summed E-state index contributed by atoms with van der Waals surface area (Å²) in [6, 6.07) is 6.48. The third-order valence-corrected chi connectivity index (χ3v) is 3.90. The van der Waals surface area contributed by atoms with Crippen LogP contribution in [0, 0.1) is 6.92 Å². The Morgan fingerprint density at radius 2 is 2.21 bits per heavy atom. The second kappa shape index (κ2) is 7.24. The molecule has 1 rings (SSSR count). The highest BCUT2D eigenvalue weighted by Gasteiger charge is 2.11. The van der Waals surface area contributed by atoms with E-state index >= 15 is 0 Å². The van der Waals surface area contributed by atoms with Crippen LogP contribution in [-0.4, -0.2) is 36.2 Å². The second-order valence-corrected chi connectivity index (χ2v) is 5.54. The van der Waals surface area contributed by atoms with Gasteiger partial charge in [-0.2, -0.15) is 11.8 Å². The van der Waals surface area contributed by atoms with Crippen LogP contribution in [0.25, 0.3) is 6.08 Å². The number of benzene rings is 1. The van der Waals surface area contributed by atoms with Crippen molar-refractivity contribution >= 4 is 29.5 Å². The van der Waals surface area contributed by atoms with E-state index in [0.29, 0.717) is 6.04 Å². The largest absolute Gasteiger partial charge is 0.478 e. The molecule has 0 fully saturated rings. The Labute approximate surface area is 119 Å². The molecule has 0 aromatic heterocycles. The van der Waals surface area contributed by atoms with Gasteiger partial charge in [-0.05, 0) is 49.4 Å². The average Bonchev–Trinajstić information content (AvgIpc) is 2.36. The third kappa shape index (κ3) is 4.63. The topological polar surface area (TPSA) is 40.5 Å². The van der Waals surface area contributed by atoms with Crippen molar-refractivity contribution in [1.82, 2.24) is 0 Å². The minimum atomic E-state index is -0.924. The van der Waals surface area contributed by atoms with Crippen molar-refractivity contribution in [2.24, 2.45) is 0 Å². The van der Waals surface area contributed by atoms with E-state index in [1.807, 2.05) is 30.0 Å². The monoisotopic (exact) mass is 279 g/mol. The number of hydrogen-bond donors (Lipinski definition) is 1. The number of carbonyl (C=O) groups is 1. The van der Waals surface area contributed by atoms with Gasteiger partial charge in [0.2, 0.25) is 0 Å². The van der Waals surface area contributed by atoms with Gasteiger partial charge in [0.1, 0.15) is 0 Å². The van der Waals surface area contributed by atoms with Crippen molar-refractivity contribution in [1.29, 1.82) is 0 Å². The number of rotatable bonds is 6. The number of aryl methyl sites for hydroxylation is 1. The lowest BCUT2D eigenvalue weighted by molar-refractivity contribution is -0.131. The van der Waals surface area contributed by atoms with Crippen molar-refractivity contribution in [3.8, 4) is 0 Å². The number of hydrogen-bond acceptors (Lipinski definition) is 3. The summed E-state index contributed by atoms with van der Waals surface area (Å²) in [6.07, 6.45) is 4.88. The van der Waals surface area contributed by atoms with Gasteiger partial charge in [-0.1, -0.05) is 6.07 Å². The Morgan fingerprint density at radius 1 is 1.53 bits per heavy atom. The Bertz CT molecular complexity index is 471. The third-order valence-electron chi connectivity index (χ3n) is 3.09. The predicted octanol–water partition coefficient (Wildman–Crippen LogP) is 3.28. The Balaban J connectivity index is 2.91. The van der Waals surface area contributed by atoms with E-state index in [-0.39, 0.29) is 0 Å². The zero-order valence-corrected chi connectivity index (χ0v) is 12.7. The fourth-order valence-electron chi connectivity index (χ4n) is 1.94. The van der Waals surface area contributed by atoms with E-state index in [9.17, 15) is 4.79 Å². The van der Waals surface area contributed by atoms with Crippen LogP contribution in [-0.2, 0) is 4.79 Å². The van der Waals surface area contributed by atoms with Crippen LogP contribution >= 0.6 is 11.8 Å². The van der Waals surface area contributed by atoms with Gasteiger partial charge < -0.3 is 10.0 Å². The van der Waals surface area contributed by atoms with Crippen molar-refractivity contribution in [2.45, 2.75) is 19.9 Å². The standard InChI is InChI=1S/C15H21NO2S/c1-11-9-13(6-8-15(17)18)5-7-14(11)16(3)12(2)10-19-4/h5-9,12H,10H2,1-4H3,(H,17,18)/b8-6+. The van der Waals surface area contributed by atoms with Gasteiger partial charge in [-0.25, -0.2) is 4.79 Å². The first kappa shape index (κ1) is 15.6. The first-order chi connectivity index (χ1) is 8.95. The Morgan fingerprint density at radius 3 is 2.74 bits per heavy atom. The molecule has 4 heteroatoms. The fourth-order valence-corrected chi connectivity index (χ4v) is 2.64. The highest BCUT2D eigenvalue weighted by molar-refractivity contribution is 7.98. The van der Waals surface area contributed by atoms with Crippen LogP contribution in [0.15, 0.2) is 24.3 Å². The summed E-state index contributed by atoms with van der Waals surface area (Å²) in [5.41, 5.74) is 3.26. The molecule has 1 unspecified atom stereocenters. The normalized spacial score (nSPS) is 12.6. The molecular formula is C15H21NO2S. The number of nitrogens with zero attached hydrogens (tertiary/aromatic N) is 1. The summed E-state index contributed by atoms with van der Waals surface area (Å²) in [4.78, 5) is 12.8. The molecule has 3 nitrogen and oxygen atoms in total. The number of carboxylic acid groups (broad SMARTS) is 1. The Kier molecular flexibility index (Phi) is 5.96. The molecule has 0 spiro atoms. The van der Waals surface area contributed by atoms with Crippen LogP contribution in [0.1, 0.15) is 18.1 Å². The van der Waals surface area contributed by atoms with Gasteiger partial charge in [0.25, 0.3) is 0 Å². The molecule has 0 aliphatic rings. The SMILES string of the molecule is CSCC(C)N(C)c1ccc(/C=C/C(=O)O)cc1C. The maximum Gasteiger partial charge on any atom is 0.328 e. The first-order valence-corrected chi connectivity index (χ1v) is 7.58. The van der Waals surface area contributed by atoms with E-state index in [0.717, 1.165) is 23.0 Å². The molecule has 19 heavy (non-hydrogen) atoms. The minimum absolute atomic E-state index is 0.467. The van der Waals surface area contributed by atoms with E-state index in [4.69, 9.17) is 5.11 Å². The smallest absolute Gasteiger partial charge is 0.328 e. The van der Waals surface area contributed by atoms with E-state index < -0.39 is 5.97 Å². The first-order valence-electron chi connectivity index (χ1n) is 6.19. The molecule has 0 aliphatic heterocycles. The fraction of sp³-hybridized carbons (Fsp3) is 0.400. The highest BCUT2D eigenvalue weighted by Crippen LogP contribution is 2.23. The molecule has 0 saturated heterocycles. The van der Waals surface area contributed by atoms with Gasteiger partial charge in [0, 0.05) is 30.6 Å². The maximum atomic E-state index is 10.5. The molecule has 0 bridgehead atoms. The second-order valence-electron chi connectivity index (χ2n) is 4.63. The van der Waals surface area contributed by atoms with E-state index in [1.165, 1.54) is 5.69 Å². The number of anilines is 1. The molecule has 1 atom stereocenters. The van der Waals surface area contributed by atoms with Crippen molar-refractivity contribution < 1.29 is 9.90 Å². The quantitative estimate of drug-likeness (QED) is 0.811. The lowest BCUT2D eigenvalue weighted by Gasteiger charge is -2.28. The molecule has 1 aromatic rings. The highest BCUT2D eigenvalue weighted by atomic mass is 32.2. The number of thioether (sulfide) groups is 1. The molecule has 0 aliphatic carbocycles. The molecule has 0 radical (unpaired) electrons. The van der Waals surface area contributed by atoms with E-state index in [2.05, 4.69) is 32.1 Å². The predicted molar refractivity (Wildman–Crippen MR) is 84.1 cm³/mol. The summed E-state index contributed by atoms with van der Waals surface area (Å²) in [6.45, 7) is 4.25. The van der Waals surface area contributed by atoms with E-state index in [1.54, 1.807) is 6.08 Å². The van der Waals surface area contributed by atoms with Crippen LogP contribution < -0.4 is 4.90 Å². The molecule has 1 N–H and O–H groups in total. The van der Waals surface area contributed by atoms with Gasteiger partial charge >= 0.3 is 5.97 Å². The van der Waals surface area contributed by atoms with Gasteiger partial charge in [-0.3, -0.25) is 0 Å². The van der Waals surface area contributed by atoms with Gasteiger partial charge in [0.05, 0.1) is 0 Å². The van der Waals surface area contributed by atoms with Gasteiger partial charge in [-0.15, -0.1) is 0 Å². The van der Waals surface area contributed by atoms with Gasteiger partial charge in [0.15, 0.2) is 0 Å².